The average molecular weight is 505 g/mol. The molecule has 6 atom stereocenters. The van der Waals surface area contributed by atoms with E-state index in [1.165, 1.54) is 5.57 Å². The number of nitro groups is 1. The van der Waals surface area contributed by atoms with Crippen molar-refractivity contribution in [3.8, 4) is 0 Å². The SMILES string of the molecule is C[C@]12CC[C@H]3[C@@H](CCC4=CC(=O)CC[C@@]43C)[C@@H]1CC[C@@H]2C(=O)Nc1ccc([N+](=O)[O-])c(C(F)(F)F)c1. The molecule has 5 rings (SSSR count). The van der Waals surface area contributed by atoms with Crippen LogP contribution in [0.25, 0.3) is 0 Å². The van der Waals surface area contributed by atoms with Gasteiger partial charge in [0.05, 0.1) is 4.92 Å². The van der Waals surface area contributed by atoms with E-state index in [-0.39, 0.29) is 34.1 Å². The first kappa shape index (κ1) is 25.0. The van der Waals surface area contributed by atoms with Crippen LogP contribution in [0.1, 0.15) is 70.8 Å². The predicted molar refractivity (Wildman–Crippen MR) is 127 cm³/mol. The fourth-order valence-electron chi connectivity index (χ4n) is 8.22. The van der Waals surface area contributed by atoms with Crippen molar-refractivity contribution in [2.45, 2.75) is 71.4 Å². The molecule has 4 aliphatic carbocycles. The van der Waals surface area contributed by atoms with Gasteiger partial charge in [-0.15, -0.1) is 0 Å². The Bertz CT molecular complexity index is 1160. The highest BCUT2D eigenvalue weighted by Gasteiger charge is 2.60. The van der Waals surface area contributed by atoms with Crippen LogP contribution in [0.5, 0.6) is 0 Å². The summed E-state index contributed by atoms with van der Waals surface area (Å²) in [6.07, 6.45) is 3.77. The summed E-state index contributed by atoms with van der Waals surface area (Å²) in [7, 11) is 0. The van der Waals surface area contributed by atoms with E-state index >= 15 is 0 Å². The number of benzene rings is 1. The van der Waals surface area contributed by atoms with E-state index in [1.807, 2.05) is 6.08 Å². The zero-order valence-corrected chi connectivity index (χ0v) is 20.5. The molecule has 0 aliphatic heterocycles. The minimum Gasteiger partial charge on any atom is -0.326 e. The lowest BCUT2D eigenvalue weighted by molar-refractivity contribution is -0.388. The molecule has 0 radical (unpaired) electrons. The first-order valence-corrected chi connectivity index (χ1v) is 12.7. The van der Waals surface area contributed by atoms with Crippen LogP contribution in [0.15, 0.2) is 29.8 Å². The van der Waals surface area contributed by atoms with Crippen molar-refractivity contribution in [1.29, 1.82) is 0 Å². The van der Waals surface area contributed by atoms with Crippen molar-refractivity contribution in [2.75, 3.05) is 5.32 Å². The molecule has 1 aromatic carbocycles. The number of carbonyl (C=O) groups is 2. The van der Waals surface area contributed by atoms with E-state index in [0.717, 1.165) is 50.7 Å². The quantitative estimate of drug-likeness (QED) is 0.366. The molecule has 3 saturated carbocycles. The smallest absolute Gasteiger partial charge is 0.326 e. The van der Waals surface area contributed by atoms with Crippen LogP contribution in [-0.2, 0) is 15.8 Å². The van der Waals surface area contributed by atoms with Crippen molar-refractivity contribution in [2.24, 2.45) is 34.5 Å². The maximum absolute atomic E-state index is 13.4. The van der Waals surface area contributed by atoms with Gasteiger partial charge in [-0.25, -0.2) is 0 Å². The van der Waals surface area contributed by atoms with Crippen LogP contribution in [0.3, 0.4) is 0 Å². The number of nitrogens with zero attached hydrogens (tertiary/aromatic N) is 1. The van der Waals surface area contributed by atoms with Gasteiger partial charge in [0.15, 0.2) is 5.78 Å². The van der Waals surface area contributed by atoms with Gasteiger partial charge in [-0.1, -0.05) is 19.4 Å². The number of hydrogen-bond donors (Lipinski definition) is 1. The van der Waals surface area contributed by atoms with Crippen molar-refractivity contribution in [3.63, 3.8) is 0 Å². The topological polar surface area (TPSA) is 89.3 Å². The highest BCUT2D eigenvalue weighted by Crippen LogP contribution is 2.66. The second-order valence-corrected chi connectivity index (χ2v) is 11.6. The number of ketones is 1. The summed E-state index contributed by atoms with van der Waals surface area (Å²) in [6, 6.07) is 2.62. The zero-order valence-electron chi connectivity index (χ0n) is 20.5. The Kier molecular flexibility index (Phi) is 5.84. The molecule has 1 aromatic rings. The van der Waals surface area contributed by atoms with Crippen LogP contribution in [0, 0.1) is 44.6 Å². The summed E-state index contributed by atoms with van der Waals surface area (Å²) in [5.41, 5.74) is -1.41. The van der Waals surface area contributed by atoms with Gasteiger partial charge in [-0.05, 0) is 91.7 Å². The molecule has 0 unspecified atom stereocenters. The number of hydrogen-bond acceptors (Lipinski definition) is 4. The summed E-state index contributed by atoms with van der Waals surface area (Å²) in [5.74, 6) is 0.879. The lowest BCUT2D eigenvalue weighted by atomic mass is 9.47. The normalized spacial score (nSPS) is 35.8. The van der Waals surface area contributed by atoms with E-state index in [4.69, 9.17) is 0 Å². The van der Waals surface area contributed by atoms with E-state index in [0.29, 0.717) is 36.7 Å². The van der Waals surface area contributed by atoms with Crippen molar-refractivity contribution in [3.05, 3.63) is 45.5 Å². The maximum atomic E-state index is 13.4. The number of halogens is 3. The van der Waals surface area contributed by atoms with Crippen molar-refractivity contribution < 1.29 is 27.7 Å². The highest BCUT2D eigenvalue weighted by molar-refractivity contribution is 5.94. The molecule has 1 amide bonds. The molecule has 3 fully saturated rings. The van der Waals surface area contributed by atoms with E-state index in [1.54, 1.807) is 0 Å². The third-order valence-corrected chi connectivity index (χ3v) is 10.0. The largest absolute Gasteiger partial charge is 0.423 e. The first-order chi connectivity index (χ1) is 16.8. The van der Waals surface area contributed by atoms with Gasteiger partial charge < -0.3 is 5.32 Å². The number of fused-ring (bicyclic) bond motifs is 5. The molecule has 0 aromatic heterocycles. The molecule has 0 saturated heterocycles. The van der Waals surface area contributed by atoms with Gasteiger partial charge in [0.25, 0.3) is 5.69 Å². The Labute approximate surface area is 207 Å². The molecule has 6 nitrogen and oxygen atoms in total. The highest BCUT2D eigenvalue weighted by atomic mass is 19.4. The van der Waals surface area contributed by atoms with Gasteiger partial charge in [0.1, 0.15) is 5.56 Å². The molecular weight excluding hydrogens is 473 g/mol. The summed E-state index contributed by atoms with van der Waals surface area (Å²) in [4.78, 5) is 35.4. The number of anilines is 1. The Balaban J connectivity index is 1.36. The number of nitro benzene ring substituents is 1. The van der Waals surface area contributed by atoms with Crippen LogP contribution in [0.2, 0.25) is 0 Å². The van der Waals surface area contributed by atoms with Crippen molar-refractivity contribution in [1.82, 2.24) is 0 Å². The van der Waals surface area contributed by atoms with Gasteiger partial charge in [-0.3, -0.25) is 19.7 Å². The Morgan fingerprint density at radius 2 is 1.83 bits per heavy atom. The zero-order chi connectivity index (χ0) is 26.0. The number of nitrogens with one attached hydrogen (secondary N) is 1. The number of carbonyl (C=O) groups excluding carboxylic acids is 2. The Hall–Kier alpha value is -2.71. The van der Waals surface area contributed by atoms with Gasteiger partial charge in [0.2, 0.25) is 5.91 Å². The summed E-state index contributed by atoms with van der Waals surface area (Å²) in [5, 5.41) is 13.7. The van der Waals surface area contributed by atoms with Crippen LogP contribution in [0.4, 0.5) is 24.5 Å². The monoisotopic (exact) mass is 504 g/mol. The standard InChI is InChI=1S/C27H31F3N2O4/c1-25-11-9-17(33)13-15(25)3-5-18-19-6-7-21(26(19,2)12-10-20(18)25)24(34)31-16-4-8-23(32(35)36)22(14-16)27(28,29)30/h4,8,13-14,18-21H,3,5-7,9-12H2,1-2H3,(H,31,34)/t18-,19-,20-,21+,25-,26-/m0/s1. The minimum absolute atomic E-state index is 0.0330. The van der Waals surface area contributed by atoms with Crippen LogP contribution < -0.4 is 5.32 Å². The number of allylic oxidation sites excluding steroid dienone is 1. The van der Waals surface area contributed by atoms with Gasteiger partial charge >= 0.3 is 6.18 Å². The molecule has 0 bridgehead atoms. The van der Waals surface area contributed by atoms with Gasteiger partial charge in [0, 0.05) is 24.1 Å². The fourth-order valence-corrected chi connectivity index (χ4v) is 8.22. The molecular formula is C27H31F3N2O4. The molecule has 9 heteroatoms. The molecule has 1 N–H and O–H groups in total. The summed E-state index contributed by atoms with van der Waals surface area (Å²) < 4.78 is 40.2. The molecule has 36 heavy (non-hydrogen) atoms. The maximum Gasteiger partial charge on any atom is 0.423 e. The average Bonchev–Trinajstić information content (AvgIpc) is 3.16. The molecule has 0 spiro atoms. The molecule has 194 valence electrons. The lowest BCUT2D eigenvalue weighted by Crippen LogP contribution is -2.51. The Morgan fingerprint density at radius 1 is 1.08 bits per heavy atom. The second-order valence-electron chi connectivity index (χ2n) is 11.6. The summed E-state index contributed by atoms with van der Waals surface area (Å²) >= 11 is 0. The third kappa shape index (κ3) is 3.86. The predicted octanol–water partition coefficient (Wildman–Crippen LogP) is 6.70. The van der Waals surface area contributed by atoms with Crippen LogP contribution >= 0.6 is 0 Å². The van der Waals surface area contributed by atoms with E-state index in [2.05, 4.69) is 19.2 Å². The molecule has 0 heterocycles. The second kappa shape index (κ2) is 8.42. The van der Waals surface area contributed by atoms with Gasteiger partial charge in [-0.2, -0.15) is 13.2 Å². The fraction of sp³-hybridized carbons (Fsp3) is 0.630. The van der Waals surface area contributed by atoms with Crippen LogP contribution in [-0.4, -0.2) is 16.6 Å². The third-order valence-electron chi connectivity index (χ3n) is 10.0. The summed E-state index contributed by atoms with van der Waals surface area (Å²) in [6.45, 7) is 4.46. The number of alkyl halides is 3. The van der Waals surface area contributed by atoms with E-state index < -0.39 is 22.4 Å². The Morgan fingerprint density at radius 3 is 2.53 bits per heavy atom. The van der Waals surface area contributed by atoms with E-state index in [9.17, 15) is 32.9 Å². The van der Waals surface area contributed by atoms with Crippen molar-refractivity contribution >= 4 is 23.1 Å². The first-order valence-electron chi connectivity index (χ1n) is 12.7. The number of amides is 1. The minimum atomic E-state index is -4.90. The number of rotatable bonds is 3. The molecule has 4 aliphatic rings. The lowest BCUT2D eigenvalue weighted by Gasteiger charge is -2.58.